The van der Waals surface area contributed by atoms with Crippen molar-refractivity contribution in [2.45, 2.75) is 11.8 Å². The van der Waals surface area contributed by atoms with Crippen molar-refractivity contribution in [2.75, 3.05) is 20.6 Å². The molecule has 1 aromatic heterocycles. The Hall–Kier alpha value is -0.950. The summed E-state index contributed by atoms with van der Waals surface area (Å²) in [6, 6.07) is 0. The molecule has 1 aromatic rings. The summed E-state index contributed by atoms with van der Waals surface area (Å²) in [5.74, 6) is 0.491. The number of thiol groups is 1. The largest absolute Gasteiger partial charge is 0.308 e. The van der Waals surface area contributed by atoms with Crippen molar-refractivity contribution in [1.82, 2.24) is 25.1 Å². The summed E-state index contributed by atoms with van der Waals surface area (Å²) in [4.78, 5) is 12.5. The fourth-order valence-corrected chi connectivity index (χ4v) is 1.12. The molecule has 0 N–H and O–H groups in total. The number of likely N-dealkylation sites (N-methyl/N-ethyl adjacent to an activating group) is 1. The number of aldehydes is 1. The first-order chi connectivity index (χ1) is 6.65. The van der Waals surface area contributed by atoms with E-state index in [1.54, 1.807) is 4.68 Å². The fourth-order valence-electron chi connectivity index (χ4n) is 0.938. The third-order valence-corrected chi connectivity index (χ3v) is 2.06. The highest BCUT2D eigenvalue weighted by Gasteiger charge is 2.13. The molecule has 0 amide bonds. The molecule has 1 atom stereocenters. The molecule has 0 aliphatic carbocycles. The van der Waals surface area contributed by atoms with E-state index in [9.17, 15) is 4.79 Å². The first kappa shape index (κ1) is 11.1. The fraction of sp³-hybridized carbons (Fsp3) is 0.714. The zero-order valence-corrected chi connectivity index (χ0v) is 9.05. The van der Waals surface area contributed by atoms with Crippen LogP contribution in [-0.2, 0) is 11.3 Å². The van der Waals surface area contributed by atoms with Crippen molar-refractivity contribution in [2.24, 2.45) is 0 Å². The number of nitrogens with zero attached hydrogens (tertiary/aromatic N) is 5. The summed E-state index contributed by atoms with van der Waals surface area (Å²) < 4.78 is 1.59. The lowest BCUT2D eigenvalue weighted by Crippen LogP contribution is -2.20. The van der Waals surface area contributed by atoms with E-state index < -0.39 is 5.25 Å². The van der Waals surface area contributed by atoms with Gasteiger partial charge < -0.3 is 9.69 Å². The lowest BCUT2D eigenvalue weighted by molar-refractivity contribution is -0.107. The van der Waals surface area contributed by atoms with Gasteiger partial charge in [-0.3, -0.25) is 0 Å². The third-order valence-electron chi connectivity index (χ3n) is 1.71. The van der Waals surface area contributed by atoms with Crippen LogP contribution in [-0.4, -0.2) is 52.0 Å². The van der Waals surface area contributed by atoms with Gasteiger partial charge in [-0.2, -0.15) is 12.6 Å². The topological polar surface area (TPSA) is 63.9 Å². The average molecular weight is 215 g/mol. The Morgan fingerprint density at radius 2 is 2.36 bits per heavy atom. The van der Waals surface area contributed by atoms with Crippen molar-refractivity contribution < 1.29 is 4.79 Å². The first-order valence-corrected chi connectivity index (χ1v) is 4.71. The van der Waals surface area contributed by atoms with Gasteiger partial charge in [-0.25, -0.2) is 4.68 Å². The van der Waals surface area contributed by atoms with Gasteiger partial charge in [0.05, 0.1) is 6.54 Å². The molecule has 1 unspecified atom stereocenters. The maximum absolute atomic E-state index is 10.5. The smallest absolute Gasteiger partial charge is 0.171 e. The lowest BCUT2D eigenvalue weighted by Gasteiger charge is -2.10. The quantitative estimate of drug-likeness (QED) is 0.525. The zero-order chi connectivity index (χ0) is 10.6. The van der Waals surface area contributed by atoms with Crippen molar-refractivity contribution in [1.29, 1.82) is 0 Å². The molecule has 0 aromatic carbocycles. The Bertz CT molecular complexity index is 300. The molecule has 6 nitrogen and oxygen atoms in total. The molecule has 0 saturated heterocycles. The number of hydrogen-bond donors (Lipinski definition) is 1. The minimum Gasteiger partial charge on any atom is -0.308 e. The third kappa shape index (κ3) is 2.78. The van der Waals surface area contributed by atoms with Crippen LogP contribution in [0, 0.1) is 0 Å². The molecule has 1 rings (SSSR count). The van der Waals surface area contributed by atoms with E-state index in [0.29, 0.717) is 18.7 Å². The molecule has 78 valence electrons. The molecular formula is C7H13N5OS. The first-order valence-electron chi connectivity index (χ1n) is 4.19. The summed E-state index contributed by atoms with van der Waals surface area (Å²) in [6.45, 7) is 1.47. The second-order valence-electron chi connectivity index (χ2n) is 3.14. The predicted molar refractivity (Wildman–Crippen MR) is 54.2 cm³/mol. The van der Waals surface area contributed by atoms with E-state index in [0.717, 1.165) is 6.54 Å². The molecule has 0 radical (unpaired) electrons. The monoisotopic (exact) mass is 215 g/mol. The van der Waals surface area contributed by atoms with Crippen molar-refractivity contribution in [3.63, 3.8) is 0 Å². The van der Waals surface area contributed by atoms with Crippen LogP contribution in [0.5, 0.6) is 0 Å². The van der Waals surface area contributed by atoms with Crippen LogP contribution in [0.3, 0.4) is 0 Å². The second-order valence-corrected chi connectivity index (χ2v) is 3.70. The van der Waals surface area contributed by atoms with E-state index >= 15 is 0 Å². The highest BCUT2D eigenvalue weighted by Crippen LogP contribution is 2.12. The highest BCUT2D eigenvalue weighted by atomic mass is 32.1. The minimum absolute atomic E-state index is 0.491. The number of aromatic nitrogens is 4. The summed E-state index contributed by atoms with van der Waals surface area (Å²) in [5, 5.41) is 10.5. The lowest BCUT2D eigenvalue weighted by atomic mass is 10.4. The number of rotatable bonds is 5. The maximum atomic E-state index is 10.5. The van der Waals surface area contributed by atoms with Gasteiger partial charge in [0.2, 0.25) is 0 Å². The van der Waals surface area contributed by atoms with Crippen LogP contribution in [0.4, 0.5) is 0 Å². The van der Waals surface area contributed by atoms with Gasteiger partial charge in [0.1, 0.15) is 11.5 Å². The molecule has 0 aliphatic heterocycles. The molecule has 0 fully saturated rings. The molecule has 0 bridgehead atoms. The average Bonchev–Trinajstić information content (AvgIpc) is 2.61. The summed E-state index contributed by atoms with van der Waals surface area (Å²) in [5.41, 5.74) is 0. The summed E-state index contributed by atoms with van der Waals surface area (Å²) in [7, 11) is 3.92. The number of carbonyl (C=O) groups is 1. The number of carbonyl (C=O) groups excluding carboxylic acids is 1. The van der Waals surface area contributed by atoms with Gasteiger partial charge >= 0.3 is 0 Å². The van der Waals surface area contributed by atoms with Gasteiger partial charge in [-0.1, -0.05) is 0 Å². The molecule has 1 heterocycles. The zero-order valence-electron chi connectivity index (χ0n) is 8.16. The second kappa shape index (κ2) is 5.06. The SMILES string of the molecule is CN(C)CCn1nnnc1C(S)C=O. The van der Waals surface area contributed by atoms with Crippen LogP contribution < -0.4 is 0 Å². The normalized spacial score (nSPS) is 13.1. The van der Waals surface area contributed by atoms with E-state index in [-0.39, 0.29) is 0 Å². The van der Waals surface area contributed by atoms with Crippen LogP contribution in [0.1, 0.15) is 11.1 Å². The van der Waals surface area contributed by atoms with E-state index in [1.165, 1.54) is 0 Å². The Morgan fingerprint density at radius 3 is 2.93 bits per heavy atom. The molecule has 0 saturated carbocycles. The van der Waals surface area contributed by atoms with E-state index in [4.69, 9.17) is 0 Å². The summed E-state index contributed by atoms with van der Waals surface area (Å²) >= 11 is 4.05. The Balaban J connectivity index is 2.67. The maximum Gasteiger partial charge on any atom is 0.171 e. The molecule has 14 heavy (non-hydrogen) atoms. The number of tetrazole rings is 1. The van der Waals surface area contributed by atoms with Gasteiger partial charge in [-0.15, -0.1) is 5.10 Å². The standard InChI is InChI=1S/C7H13N5OS/c1-11(2)3-4-12-7(6(14)5-13)8-9-10-12/h5-6,14H,3-4H2,1-2H3. The van der Waals surface area contributed by atoms with Crippen LogP contribution in [0.15, 0.2) is 0 Å². The van der Waals surface area contributed by atoms with Crippen molar-refractivity contribution in [3.05, 3.63) is 5.82 Å². The van der Waals surface area contributed by atoms with Gasteiger partial charge in [0, 0.05) is 6.54 Å². The van der Waals surface area contributed by atoms with E-state index in [2.05, 4.69) is 28.2 Å². The molecular weight excluding hydrogens is 202 g/mol. The Labute approximate surface area is 87.7 Å². The van der Waals surface area contributed by atoms with Crippen LogP contribution >= 0.6 is 12.6 Å². The molecule has 0 spiro atoms. The summed E-state index contributed by atoms with van der Waals surface area (Å²) in [6.07, 6.45) is 0.709. The van der Waals surface area contributed by atoms with Gasteiger partial charge in [-0.05, 0) is 24.5 Å². The van der Waals surface area contributed by atoms with Gasteiger partial charge in [0.25, 0.3) is 0 Å². The van der Waals surface area contributed by atoms with Crippen LogP contribution in [0.25, 0.3) is 0 Å². The highest BCUT2D eigenvalue weighted by molar-refractivity contribution is 7.81. The van der Waals surface area contributed by atoms with Gasteiger partial charge in [0.15, 0.2) is 5.82 Å². The molecule has 7 heteroatoms. The minimum atomic E-state index is -0.549. The predicted octanol–water partition coefficient (Wildman–Crippen LogP) is -0.596. The Kier molecular flexibility index (Phi) is 4.02. The Morgan fingerprint density at radius 1 is 1.64 bits per heavy atom. The van der Waals surface area contributed by atoms with Crippen molar-refractivity contribution >= 4 is 18.9 Å². The molecule has 0 aliphatic rings. The number of hydrogen-bond acceptors (Lipinski definition) is 6. The van der Waals surface area contributed by atoms with Crippen LogP contribution in [0.2, 0.25) is 0 Å². The van der Waals surface area contributed by atoms with Crippen molar-refractivity contribution in [3.8, 4) is 0 Å². The van der Waals surface area contributed by atoms with E-state index in [1.807, 2.05) is 19.0 Å².